The maximum Gasteiger partial charge on any atom is 0.200 e. The second-order valence-corrected chi connectivity index (χ2v) is 5.05. The Kier molecular flexibility index (Phi) is 3.94. The van der Waals surface area contributed by atoms with Gasteiger partial charge >= 0.3 is 0 Å². The molecule has 0 fully saturated rings. The Balaban J connectivity index is 2.01. The maximum atomic E-state index is 12.6. The van der Waals surface area contributed by atoms with Crippen LogP contribution in [0.3, 0.4) is 0 Å². The van der Waals surface area contributed by atoms with Gasteiger partial charge in [0.2, 0.25) is 0 Å². The lowest BCUT2D eigenvalue weighted by Crippen LogP contribution is -2.05. The third kappa shape index (κ3) is 2.73. The molecule has 0 bridgehead atoms. The predicted molar refractivity (Wildman–Crippen MR) is 85.2 cm³/mol. The van der Waals surface area contributed by atoms with Gasteiger partial charge < -0.3 is 13.9 Å². The van der Waals surface area contributed by atoms with E-state index in [1.807, 2.05) is 31.2 Å². The summed E-state index contributed by atoms with van der Waals surface area (Å²) in [6.07, 6.45) is 1.51. The molecule has 0 saturated carbocycles. The molecule has 0 aliphatic carbocycles. The lowest BCUT2D eigenvalue weighted by molar-refractivity contribution is 0.0511. The first-order valence-electron chi connectivity index (χ1n) is 6.93. The van der Waals surface area contributed by atoms with E-state index in [4.69, 9.17) is 13.9 Å². The lowest BCUT2D eigenvalue weighted by Gasteiger charge is -2.06. The molecule has 0 radical (unpaired) electrons. The first-order valence-corrected chi connectivity index (χ1v) is 6.93. The van der Waals surface area contributed by atoms with E-state index < -0.39 is 0 Å². The summed E-state index contributed by atoms with van der Waals surface area (Å²) in [6.45, 7) is 2.16. The van der Waals surface area contributed by atoms with Gasteiger partial charge in [0.1, 0.15) is 17.6 Å². The van der Waals surface area contributed by atoms with E-state index in [0.717, 1.165) is 11.1 Å². The van der Waals surface area contributed by atoms with E-state index >= 15 is 0 Å². The first kappa shape index (κ1) is 14.4. The molecule has 0 atom stereocenters. The van der Waals surface area contributed by atoms with Crippen LogP contribution in [0, 0.1) is 6.92 Å². The topological polar surface area (TPSA) is 48.7 Å². The van der Waals surface area contributed by atoms with E-state index in [1.165, 1.54) is 6.26 Å². The summed E-state index contributed by atoms with van der Waals surface area (Å²) in [5.41, 5.74) is 2.96. The summed E-state index contributed by atoms with van der Waals surface area (Å²) in [7, 11) is 1.57. The van der Waals surface area contributed by atoms with E-state index in [2.05, 4.69) is 0 Å². The maximum absolute atomic E-state index is 12.6. The summed E-state index contributed by atoms with van der Waals surface area (Å²) in [5, 5.41) is 0.586. The fourth-order valence-corrected chi connectivity index (χ4v) is 2.29. The van der Waals surface area contributed by atoms with E-state index in [-0.39, 0.29) is 12.2 Å². The third-order valence-corrected chi connectivity index (χ3v) is 3.44. The second kappa shape index (κ2) is 6.03. The fraction of sp³-hybridized carbons (Fsp3) is 0.167. The van der Waals surface area contributed by atoms with Gasteiger partial charge in [-0.3, -0.25) is 4.79 Å². The zero-order valence-corrected chi connectivity index (χ0v) is 12.5. The van der Waals surface area contributed by atoms with Gasteiger partial charge in [0.05, 0.1) is 10.9 Å². The molecule has 2 aromatic carbocycles. The number of hydrogen-bond donors (Lipinski definition) is 0. The first-order chi connectivity index (χ1) is 10.7. The highest BCUT2D eigenvalue weighted by Gasteiger charge is 2.09. The predicted octanol–water partition coefficient (Wildman–Crippen LogP) is 3.75. The standard InChI is InChI=1S/C18H16O4/c1-12-3-8-15-17(9-12)21-10-16(18(15)19)13-4-6-14(7-5-13)22-11-20-2/h3-10H,11H2,1-2H3. The number of fused-ring (bicyclic) bond motifs is 1. The molecule has 0 amide bonds. The van der Waals surface area contributed by atoms with Crippen molar-refractivity contribution < 1.29 is 13.9 Å². The Morgan fingerprint density at radius 1 is 1.09 bits per heavy atom. The van der Waals surface area contributed by atoms with Crippen molar-refractivity contribution in [1.82, 2.24) is 0 Å². The van der Waals surface area contributed by atoms with Crippen LogP contribution in [0.2, 0.25) is 0 Å². The molecule has 4 heteroatoms. The number of rotatable bonds is 4. The van der Waals surface area contributed by atoms with Crippen molar-refractivity contribution in [1.29, 1.82) is 0 Å². The molecule has 0 saturated heterocycles. The summed E-state index contributed by atoms with van der Waals surface area (Å²) in [4.78, 5) is 12.6. The Labute approximate surface area is 127 Å². The van der Waals surface area contributed by atoms with Crippen molar-refractivity contribution in [2.24, 2.45) is 0 Å². The van der Waals surface area contributed by atoms with Gasteiger partial charge in [0.25, 0.3) is 0 Å². The number of ether oxygens (including phenoxy) is 2. The van der Waals surface area contributed by atoms with Crippen LogP contribution in [0.5, 0.6) is 5.75 Å². The largest absolute Gasteiger partial charge is 0.468 e. The third-order valence-electron chi connectivity index (χ3n) is 3.44. The van der Waals surface area contributed by atoms with Crippen LogP contribution in [-0.2, 0) is 4.74 Å². The molecular weight excluding hydrogens is 280 g/mol. The average molecular weight is 296 g/mol. The Hall–Kier alpha value is -2.59. The molecule has 4 nitrogen and oxygen atoms in total. The van der Waals surface area contributed by atoms with Gasteiger partial charge in [-0.1, -0.05) is 18.2 Å². The minimum atomic E-state index is -0.0354. The molecule has 22 heavy (non-hydrogen) atoms. The number of aryl methyl sites for hydroxylation is 1. The Morgan fingerprint density at radius 2 is 1.86 bits per heavy atom. The summed E-state index contributed by atoms with van der Waals surface area (Å²) < 4.78 is 15.8. The highest BCUT2D eigenvalue weighted by Crippen LogP contribution is 2.22. The highest BCUT2D eigenvalue weighted by molar-refractivity contribution is 5.82. The zero-order chi connectivity index (χ0) is 15.5. The Morgan fingerprint density at radius 3 is 2.59 bits per heavy atom. The molecule has 0 unspecified atom stereocenters. The van der Waals surface area contributed by atoms with Crippen molar-refractivity contribution in [3.05, 3.63) is 64.5 Å². The van der Waals surface area contributed by atoms with Crippen LogP contribution in [0.25, 0.3) is 22.1 Å². The van der Waals surface area contributed by atoms with Crippen LogP contribution in [0.4, 0.5) is 0 Å². The van der Waals surface area contributed by atoms with Crippen LogP contribution in [-0.4, -0.2) is 13.9 Å². The van der Waals surface area contributed by atoms with Crippen molar-refractivity contribution in [2.45, 2.75) is 6.92 Å². The summed E-state index contributed by atoms with van der Waals surface area (Å²) in [5.74, 6) is 0.686. The lowest BCUT2D eigenvalue weighted by atomic mass is 10.0. The minimum Gasteiger partial charge on any atom is -0.468 e. The highest BCUT2D eigenvalue weighted by atomic mass is 16.7. The van der Waals surface area contributed by atoms with Crippen molar-refractivity contribution in [2.75, 3.05) is 13.9 Å². The quantitative estimate of drug-likeness (QED) is 0.688. The SMILES string of the molecule is COCOc1ccc(-c2coc3cc(C)ccc3c2=O)cc1. The summed E-state index contributed by atoms with van der Waals surface area (Å²) in [6, 6.07) is 12.8. The van der Waals surface area contributed by atoms with Gasteiger partial charge in [-0.25, -0.2) is 0 Å². The Bertz CT molecular complexity index is 847. The van der Waals surface area contributed by atoms with E-state index in [9.17, 15) is 4.79 Å². The molecule has 0 N–H and O–H groups in total. The smallest absolute Gasteiger partial charge is 0.200 e. The van der Waals surface area contributed by atoms with Crippen LogP contribution >= 0.6 is 0 Å². The molecular formula is C18H16O4. The number of benzene rings is 2. The van der Waals surface area contributed by atoms with Crippen molar-refractivity contribution >= 4 is 11.0 Å². The van der Waals surface area contributed by atoms with Crippen molar-refractivity contribution in [3.63, 3.8) is 0 Å². The molecule has 0 aliphatic heterocycles. The van der Waals surface area contributed by atoms with Gasteiger partial charge in [-0.2, -0.15) is 0 Å². The van der Waals surface area contributed by atoms with Gasteiger partial charge in [-0.15, -0.1) is 0 Å². The molecule has 1 aromatic heterocycles. The van der Waals surface area contributed by atoms with E-state index in [0.29, 0.717) is 22.3 Å². The van der Waals surface area contributed by atoms with Crippen LogP contribution in [0.15, 0.2) is 57.9 Å². The monoisotopic (exact) mass is 296 g/mol. The molecule has 3 aromatic rings. The summed E-state index contributed by atoms with van der Waals surface area (Å²) >= 11 is 0. The average Bonchev–Trinajstić information content (AvgIpc) is 2.54. The molecule has 0 aliphatic rings. The normalized spacial score (nSPS) is 10.8. The second-order valence-electron chi connectivity index (χ2n) is 5.05. The molecule has 112 valence electrons. The fourth-order valence-electron chi connectivity index (χ4n) is 2.29. The number of hydrogen-bond acceptors (Lipinski definition) is 4. The zero-order valence-electron chi connectivity index (χ0n) is 12.5. The van der Waals surface area contributed by atoms with Gasteiger partial charge in [0, 0.05) is 7.11 Å². The number of methoxy groups -OCH3 is 1. The molecule has 0 spiro atoms. The van der Waals surface area contributed by atoms with Crippen molar-refractivity contribution in [3.8, 4) is 16.9 Å². The molecule has 3 rings (SSSR count). The van der Waals surface area contributed by atoms with Gasteiger partial charge in [-0.05, 0) is 42.3 Å². The van der Waals surface area contributed by atoms with Gasteiger partial charge in [0.15, 0.2) is 12.2 Å². The van der Waals surface area contributed by atoms with Crippen LogP contribution < -0.4 is 10.2 Å². The van der Waals surface area contributed by atoms with E-state index in [1.54, 1.807) is 25.3 Å². The molecule has 1 heterocycles. The minimum absolute atomic E-state index is 0.0354. The van der Waals surface area contributed by atoms with Crippen LogP contribution in [0.1, 0.15) is 5.56 Å².